The summed E-state index contributed by atoms with van der Waals surface area (Å²) in [4.78, 5) is 12.5. The van der Waals surface area contributed by atoms with Crippen molar-refractivity contribution in [3.63, 3.8) is 0 Å². The quantitative estimate of drug-likeness (QED) is 0.861. The van der Waals surface area contributed by atoms with E-state index in [0.717, 1.165) is 23.4 Å². The van der Waals surface area contributed by atoms with Gasteiger partial charge in [0.05, 0.1) is 14.2 Å². The smallest absolute Gasteiger partial charge is 0.278 e. The summed E-state index contributed by atoms with van der Waals surface area (Å²) in [6.07, 6.45) is 0.691. The van der Waals surface area contributed by atoms with Crippen molar-refractivity contribution in [1.29, 1.82) is 0 Å². The molecule has 0 bridgehead atoms. The van der Waals surface area contributed by atoms with Crippen LogP contribution in [0.15, 0.2) is 42.5 Å². The molecule has 126 valence electrons. The molecule has 0 saturated heterocycles. The lowest BCUT2D eigenvalue weighted by Gasteiger charge is -2.23. The van der Waals surface area contributed by atoms with Gasteiger partial charge in [0, 0.05) is 18.5 Å². The summed E-state index contributed by atoms with van der Waals surface area (Å²) in [6.45, 7) is 1.32. The molecule has 3 N–H and O–H groups in total. The number of ether oxygens (including phenoxy) is 2. The van der Waals surface area contributed by atoms with Crippen molar-refractivity contribution in [2.24, 2.45) is 0 Å². The van der Waals surface area contributed by atoms with Crippen LogP contribution >= 0.6 is 0 Å². The SMILES string of the molecule is COc1cc2c(cc1OC)C[C@H](C(=O)NCc1ccccc1)[NH2+]C2. The molecule has 3 rings (SSSR count). The lowest BCUT2D eigenvalue weighted by Crippen LogP contribution is -2.93. The molecule has 1 atom stereocenters. The van der Waals surface area contributed by atoms with Crippen LogP contribution in [0, 0.1) is 0 Å². The van der Waals surface area contributed by atoms with Crippen LogP contribution in [0.3, 0.4) is 0 Å². The number of amides is 1. The van der Waals surface area contributed by atoms with Gasteiger partial charge in [-0.05, 0) is 23.3 Å². The van der Waals surface area contributed by atoms with Crippen molar-refractivity contribution in [2.45, 2.75) is 25.6 Å². The number of benzene rings is 2. The third kappa shape index (κ3) is 3.51. The van der Waals surface area contributed by atoms with Crippen LogP contribution in [0.2, 0.25) is 0 Å². The lowest BCUT2D eigenvalue weighted by molar-refractivity contribution is -0.695. The maximum absolute atomic E-state index is 12.5. The van der Waals surface area contributed by atoms with E-state index < -0.39 is 0 Å². The first-order chi connectivity index (χ1) is 11.7. The van der Waals surface area contributed by atoms with Gasteiger partial charge in [-0.3, -0.25) is 4.79 Å². The fourth-order valence-corrected chi connectivity index (χ4v) is 3.05. The standard InChI is InChI=1S/C19H22N2O3/c1-23-17-9-14-8-16(20-12-15(14)10-18(17)24-2)19(22)21-11-13-6-4-3-5-7-13/h3-7,9-10,16,20H,8,11-12H2,1-2H3,(H,21,22)/p+1/t16-/m1/s1. The average Bonchev–Trinajstić information content (AvgIpc) is 2.65. The summed E-state index contributed by atoms with van der Waals surface area (Å²) < 4.78 is 10.7. The first kappa shape index (κ1) is 16.3. The number of methoxy groups -OCH3 is 2. The van der Waals surface area contributed by atoms with Gasteiger partial charge in [-0.1, -0.05) is 30.3 Å². The van der Waals surface area contributed by atoms with Gasteiger partial charge in [0.15, 0.2) is 17.5 Å². The fraction of sp³-hybridized carbons (Fsp3) is 0.316. The summed E-state index contributed by atoms with van der Waals surface area (Å²) in [5, 5.41) is 5.10. The van der Waals surface area contributed by atoms with E-state index in [9.17, 15) is 4.79 Å². The number of quaternary nitrogens is 1. The number of hydrogen-bond donors (Lipinski definition) is 2. The number of nitrogens with one attached hydrogen (secondary N) is 1. The summed E-state index contributed by atoms with van der Waals surface area (Å²) in [6, 6.07) is 13.8. The number of nitrogens with two attached hydrogens (primary N) is 1. The number of rotatable bonds is 5. The van der Waals surface area contributed by atoms with Gasteiger partial charge in [-0.15, -0.1) is 0 Å². The normalized spacial score (nSPS) is 16.2. The van der Waals surface area contributed by atoms with Crippen LogP contribution in [-0.4, -0.2) is 26.2 Å². The molecule has 1 aliphatic rings. The number of carbonyl (C=O) groups excluding carboxylic acids is 1. The maximum Gasteiger partial charge on any atom is 0.278 e. The zero-order valence-electron chi connectivity index (χ0n) is 14.0. The first-order valence-electron chi connectivity index (χ1n) is 8.10. The molecule has 5 heteroatoms. The molecule has 0 spiro atoms. The molecular weight excluding hydrogens is 304 g/mol. The Kier molecular flexibility index (Phi) is 5.01. The third-order valence-electron chi connectivity index (χ3n) is 4.41. The van der Waals surface area contributed by atoms with Gasteiger partial charge in [0.25, 0.3) is 5.91 Å². The Morgan fingerprint density at radius 2 is 1.79 bits per heavy atom. The molecule has 0 aliphatic carbocycles. The highest BCUT2D eigenvalue weighted by atomic mass is 16.5. The molecule has 0 saturated carbocycles. The largest absolute Gasteiger partial charge is 0.493 e. The second-order valence-corrected chi connectivity index (χ2v) is 5.93. The predicted molar refractivity (Wildman–Crippen MR) is 91.0 cm³/mol. The van der Waals surface area contributed by atoms with Gasteiger partial charge in [-0.2, -0.15) is 0 Å². The van der Waals surface area contributed by atoms with Crippen LogP contribution in [0.1, 0.15) is 16.7 Å². The highest BCUT2D eigenvalue weighted by Crippen LogP contribution is 2.31. The van der Waals surface area contributed by atoms with Gasteiger partial charge in [0.2, 0.25) is 0 Å². The van der Waals surface area contributed by atoms with E-state index in [1.165, 1.54) is 5.56 Å². The molecule has 2 aromatic carbocycles. The van der Waals surface area contributed by atoms with E-state index in [0.29, 0.717) is 18.7 Å². The summed E-state index contributed by atoms with van der Waals surface area (Å²) in [5.41, 5.74) is 3.45. The Bertz CT molecular complexity index is 716. The van der Waals surface area contributed by atoms with Crippen molar-refractivity contribution >= 4 is 5.91 Å². The van der Waals surface area contributed by atoms with Crippen molar-refractivity contribution in [2.75, 3.05) is 14.2 Å². The summed E-state index contributed by atoms with van der Waals surface area (Å²) >= 11 is 0. The monoisotopic (exact) mass is 327 g/mol. The van der Waals surface area contributed by atoms with Crippen LogP contribution in [-0.2, 0) is 24.3 Å². The van der Waals surface area contributed by atoms with E-state index in [1.807, 2.05) is 42.5 Å². The van der Waals surface area contributed by atoms with E-state index >= 15 is 0 Å². The van der Waals surface area contributed by atoms with Gasteiger partial charge in [0.1, 0.15) is 6.54 Å². The van der Waals surface area contributed by atoms with Gasteiger partial charge in [-0.25, -0.2) is 0 Å². The Hall–Kier alpha value is -2.53. The van der Waals surface area contributed by atoms with Gasteiger partial charge < -0.3 is 20.1 Å². The van der Waals surface area contributed by atoms with Crippen LogP contribution < -0.4 is 20.1 Å². The fourth-order valence-electron chi connectivity index (χ4n) is 3.05. The van der Waals surface area contributed by atoms with E-state index in [2.05, 4.69) is 10.6 Å². The molecule has 2 aromatic rings. The van der Waals surface area contributed by atoms with Crippen molar-refractivity contribution < 1.29 is 19.6 Å². The van der Waals surface area contributed by atoms with E-state index in [1.54, 1.807) is 14.2 Å². The molecule has 0 aromatic heterocycles. The molecule has 5 nitrogen and oxygen atoms in total. The molecule has 0 radical (unpaired) electrons. The minimum atomic E-state index is -0.112. The Morgan fingerprint density at radius 3 is 2.46 bits per heavy atom. The van der Waals surface area contributed by atoms with Crippen LogP contribution in [0.4, 0.5) is 0 Å². The zero-order chi connectivity index (χ0) is 16.9. The second-order valence-electron chi connectivity index (χ2n) is 5.93. The average molecular weight is 327 g/mol. The number of carbonyl (C=O) groups is 1. The van der Waals surface area contributed by atoms with Crippen molar-refractivity contribution in [3.8, 4) is 11.5 Å². The molecule has 0 unspecified atom stereocenters. The lowest BCUT2D eigenvalue weighted by atomic mass is 9.94. The Labute approximate surface area is 142 Å². The maximum atomic E-state index is 12.5. The van der Waals surface area contributed by atoms with E-state index in [-0.39, 0.29) is 11.9 Å². The van der Waals surface area contributed by atoms with Crippen LogP contribution in [0.25, 0.3) is 0 Å². The Balaban J connectivity index is 1.66. The molecule has 1 amide bonds. The van der Waals surface area contributed by atoms with Crippen LogP contribution in [0.5, 0.6) is 11.5 Å². The zero-order valence-corrected chi connectivity index (χ0v) is 14.0. The van der Waals surface area contributed by atoms with E-state index in [4.69, 9.17) is 9.47 Å². The highest BCUT2D eigenvalue weighted by molar-refractivity contribution is 5.80. The topological polar surface area (TPSA) is 64.2 Å². The molecule has 0 fully saturated rings. The predicted octanol–water partition coefficient (Wildman–Crippen LogP) is 1.01. The molecular formula is C19H23N2O3+. The summed E-state index contributed by atoms with van der Waals surface area (Å²) in [5.74, 6) is 1.51. The van der Waals surface area contributed by atoms with Crippen molar-refractivity contribution in [3.05, 3.63) is 59.2 Å². The molecule has 1 heterocycles. The minimum absolute atomic E-state index is 0.0688. The minimum Gasteiger partial charge on any atom is -0.493 e. The summed E-state index contributed by atoms with van der Waals surface area (Å²) in [7, 11) is 3.26. The third-order valence-corrected chi connectivity index (χ3v) is 4.41. The molecule has 1 aliphatic heterocycles. The van der Waals surface area contributed by atoms with Gasteiger partial charge >= 0.3 is 0 Å². The number of hydrogen-bond acceptors (Lipinski definition) is 3. The number of fused-ring (bicyclic) bond motifs is 1. The van der Waals surface area contributed by atoms with Crippen molar-refractivity contribution in [1.82, 2.24) is 5.32 Å². The Morgan fingerprint density at radius 1 is 1.12 bits per heavy atom. The molecule has 24 heavy (non-hydrogen) atoms. The second kappa shape index (κ2) is 7.36. The first-order valence-corrected chi connectivity index (χ1v) is 8.10. The highest BCUT2D eigenvalue weighted by Gasteiger charge is 2.29.